The van der Waals surface area contributed by atoms with Crippen molar-refractivity contribution in [3.05, 3.63) is 29.8 Å². The molecule has 0 aliphatic heterocycles. The van der Waals surface area contributed by atoms with Crippen LogP contribution >= 0.6 is 11.6 Å². The Bertz CT molecular complexity index is 400. The predicted molar refractivity (Wildman–Crippen MR) is 72.9 cm³/mol. The second-order valence-corrected chi connectivity index (χ2v) is 4.26. The van der Waals surface area contributed by atoms with Crippen molar-refractivity contribution >= 4 is 23.1 Å². The minimum Gasteiger partial charge on any atom is -0.386 e. The van der Waals surface area contributed by atoms with Gasteiger partial charge in [-0.05, 0) is 18.9 Å². The molecule has 0 amide bonds. The Morgan fingerprint density at radius 2 is 1.94 bits per heavy atom. The Balaban J connectivity index is 3.25. The lowest BCUT2D eigenvalue weighted by Gasteiger charge is -2.27. The van der Waals surface area contributed by atoms with Gasteiger partial charge in [0.25, 0.3) is 0 Å². The highest BCUT2D eigenvalue weighted by Gasteiger charge is 2.27. The summed E-state index contributed by atoms with van der Waals surface area (Å²) in [7, 11) is 0. The molecule has 0 aliphatic rings. The summed E-state index contributed by atoms with van der Waals surface area (Å²) in [4.78, 5) is 4.24. The van der Waals surface area contributed by atoms with Crippen molar-refractivity contribution in [2.24, 2.45) is 10.7 Å². The molecular formula is C13H19ClN2O. The molecule has 3 nitrogen and oxygen atoms in total. The molecule has 0 saturated carbocycles. The van der Waals surface area contributed by atoms with E-state index in [1.54, 1.807) is 0 Å². The van der Waals surface area contributed by atoms with Crippen LogP contribution in [0, 0.1) is 0 Å². The van der Waals surface area contributed by atoms with Crippen LogP contribution in [0.5, 0.6) is 0 Å². The zero-order valence-corrected chi connectivity index (χ0v) is 11.0. The molecule has 0 saturated heterocycles. The van der Waals surface area contributed by atoms with E-state index in [0.29, 0.717) is 24.4 Å². The maximum Gasteiger partial charge on any atom is 0.115 e. The largest absolute Gasteiger partial charge is 0.386 e. The van der Waals surface area contributed by atoms with Crippen LogP contribution in [0.25, 0.3) is 0 Å². The van der Waals surface area contributed by atoms with E-state index in [2.05, 4.69) is 4.99 Å². The van der Waals surface area contributed by atoms with Crippen LogP contribution in [0.1, 0.15) is 32.3 Å². The molecule has 4 heteroatoms. The first kappa shape index (κ1) is 14.0. The number of hydrogen-bond acceptors (Lipinski definition) is 2. The average molecular weight is 255 g/mol. The van der Waals surface area contributed by atoms with E-state index in [-0.39, 0.29) is 5.88 Å². The molecule has 1 aromatic carbocycles. The molecule has 0 bridgehead atoms. The van der Waals surface area contributed by atoms with Crippen LogP contribution in [-0.2, 0) is 5.60 Å². The van der Waals surface area contributed by atoms with Crippen LogP contribution in [0.15, 0.2) is 29.3 Å². The van der Waals surface area contributed by atoms with Gasteiger partial charge in [0.1, 0.15) is 5.84 Å². The summed E-state index contributed by atoms with van der Waals surface area (Å²) in [6, 6.07) is 7.48. The summed E-state index contributed by atoms with van der Waals surface area (Å²) >= 11 is 5.62. The van der Waals surface area contributed by atoms with Crippen molar-refractivity contribution in [2.75, 3.05) is 5.88 Å². The van der Waals surface area contributed by atoms with Gasteiger partial charge in [-0.2, -0.15) is 0 Å². The molecule has 0 unspecified atom stereocenters. The number of alkyl halides is 1. The van der Waals surface area contributed by atoms with Crippen molar-refractivity contribution in [1.82, 2.24) is 0 Å². The third-order valence-corrected chi connectivity index (χ3v) is 3.25. The molecular weight excluding hydrogens is 236 g/mol. The molecule has 0 radical (unpaired) electrons. The first-order valence-corrected chi connectivity index (χ1v) is 6.31. The molecule has 0 fully saturated rings. The lowest BCUT2D eigenvalue weighted by atomic mass is 9.87. The van der Waals surface area contributed by atoms with Crippen molar-refractivity contribution in [1.29, 1.82) is 0 Å². The summed E-state index contributed by atoms with van der Waals surface area (Å²) in [5.41, 5.74) is 6.28. The number of nitrogens with two attached hydrogens (primary N) is 1. The number of amidine groups is 1. The van der Waals surface area contributed by atoms with E-state index in [0.717, 1.165) is 5.56 Å². The lowest BCUT2D eigenvalue weighted by molar-refractivity contribution is 0.0290. The smallest absolute Gasteiger partial charge is 0.115 e. The molecule has 0 spiro atoms. The third kappa shape index (κ3) is 3.20. The standard InChI is InChI=1S/C13H19ClN2O/c1-3-13(17,4-2)10-7-5-6-8-11(10)16-12(15)9-14/h5-8,17H,3-4,9H2,1-2H3,(H2,15,16). The van der Waals surface area contributed by atoms with E-state index < -0.39 is 5.60 Å². The molecule has 0 aromatic heterocycles. The third-order valence-electron chi connectivity index (χ3n) is 2.98. The monoisotopic (exact) mass is 254 g/mol. The van der Waals surface area contributed by atoms with Gasteiger partial charge in [0.15, 0.2) is 0 Å². The second-order valence-electron chi connectivity index (χ2n) is 3.99. The number of aliphatic imine (C=N–C) groups is 1. The second kappa shape index (κ2) is 6.03. The number of aliphatic hydroxyl groups is 1. The Morgan fingerprint density at radius 3 is 2.47 bits per heavy atom. The molecule has 1 rings (SSSR count). The number of para-hydroxylation sites is 1. The van der Waals surface area contributed by atoms with E-state index in [1.165, 1.54) is 0 Å². The van der Waals surface area contributed by atoms with Gasteiger partial charge in [-0.1, -0.05) is 32.0 Å². The van der Waals surface area contributed by atoms with E-state index in [9.17, 15) is 5.11 Å². The fourth-order valence-electron chi connectivity index (χ4n) is 1.78. The first-order chi connectivity index (χ1) is 8.07. The van der Waals surface area contributed by atoms with E-state index >= 15 is 0 Å². The first-order valence-electron chi connectivity index (χ1n) is 5.78. The Kier molecular flexibility index (Phi) is 4.97. The zero-order chi connectivity index (χ0) is 12.9. The quantitative estimate of drug-likeness (QED) is 0.482. The highest BCUT2D eigenvalue weighted by atomic mass is 35.5. The Morgan fingerprint density at radius 1 is 1.35 bits per heavy atom. The molecule has 0 atom stereocenters. The summed E-state index contributed by atoms with van der Waals surface area (Å²) in [6.07, 6.45) is 1.27. The van der Waals surface area contributed by atoms with Crippen LogP contribution in [0.3, 0.4) is 0 Å². The summed E-state index contributed by atoms with van der Waals surface area (Å²) in [5.74, 6) is 0.541. The van der Waals surface area contributed by atoms with Gasteiger partial charge in [-0.25, -0.2) is 4.99 Å². The highest BCUT2D eigenvalue weighted by Crippen LogP contribution is 2.35. The predicted octanol–water partition coefficient (Wildman–Crippen LogP) is 2.92. The minimum atomic E-state index is -0.854. The van der Waals surface area contributed by atoms with Crippen LogP contribution < -0.4 is 5.73 Å². The van der Waals surface area contributed by atoms with Crippen molar-refractivity contribution in [2.45, 2.75) is 32.3 Å². The van der Waals surface area contributed by atoms with Gasteiger partial charge >= 0.3 is 0 Å². The van der Waals surface area contributed by atoms with Crippen molar-refractivity contribution in [3.63, 3.8) is 0 Å². The Labute approximate surface area is 107 Å². The van der Waals surface area contributed by atoms with Crippen LogP contribution in [0.2, 0.25) is 0 Å². The molecule has 3 N–H and O–H groups in total. The summed E-state index contributed by atoms with van der Waals surface area (Å²) in [6.45, 7) is 3.91. The number of nitrogens with zero attached hydrogens (tertiary/aromatic N) is 1. The van der Waals surface area contributed by atoms with Gasteiger partial charge in [-0.15, -0.1) is 11.6 Å². The van der Waals surface area contributed by atoms with E-state index in [4.69, 9.17) is 17.3 Å². The minimum absolute atomic E-state index is 0.186. The summed E-state index contributed by atoms with van der Waals surface area (Å²) in [5, 5.41) is 10.5. The molecule has 0 heterocycles. The average Bonchev–Trinajstić information content (AvgIpc) is 2.38. The number of benzene rings is 1. The van der Waals surface area contributed by atoms with Gasteiger partial charge in [0.2, 0.25) is 0 Å². The number of rotatable bonds is 5. The fraction of sp³-hybridized carbons (Fsp3) is 0.462. The SMILES string of the molecule is CCC(O)(CC)c1ccccc1N=C(N)CCl. The number of halogens is 1. The molecule has 0 aliphatic carbocycles. The van der Waals surface area contributed by atoms with Gasteiger partial charge in [-0.3, -0.25) is 0 Å². The van der Waals surface area contributed by atoms with Gasteiger partial charge in [0, 0.05) is 5.56 Å². The Hall–Kier alpha value is -1.06. The normalized spacial score (nSPS) is 12.8. The van der Waals surface area contributed by atoms with Crippen LogP contribution in [-0.4, -0.2) is 16.8 Å². The van der Waals surface area contributed by atoms with Gasteiger partial charge in [0.05, 0.1) is 17.2 Å². The van der Waals surface area contributed by atoms with Crippen molar-refractivity contribution < 1.29 is 5.11 Å². The highest BCUT2D eigenvalue weighted by molar-refractivity contribution is 6.28. The lowest BCUT2D eigenvalue weighted by Crippen LogP contribution is -2.24. The fourth-order valence-corrected chi connectivity index (χ4v) is 1.84. The maximum atomic E-state index is 10.5. The molecule has 94 valence electrons. The number of hydrogen-bond donors (Lipinski definition) is 2. The zero-order valence-electron chi connectivity index (χ0n) is 10.3. The van der Waals surface area contributed by atoms with Crippen LogP contribution in [0.4, 0.5) is 5.69 Å². The summed E-state index contributed by atoms with van der Waals surface area (Å²) < 4.78 is 0. The van der Waals surface area contributed by atoms with Crippen molar-refractivity contribution in [3.8, 4) is 0 Å². The van der Waals surface area contributed by atoms with Gasteiger partial charge < -0.3 is 10.8 Å². The maximum absolute atomic E-state index is 10.5. The topological polar surface area (TPSA) is 58.6 Å². The molecule has 17 heavy (non-hydrogen) atoms. The molecule has 1 aromatic rings. The van der Waals surface area contributed by atoms with E-state index in [1.807, 2.05) is 38.1 Å².